The molecule has 0 unspecified atom stereocenters. The van der Waals surface area contributed by atoms with E-state index in [1.807, 2.05) is 113 Å². The summed E-state index contributed by atoms with van der Waals surface area (Å²) < 4.78 is 36.4. The Morgan fingerprint density at radius 1 is 0.287 bits per heavy atom. The molecule has 4 aliphatic rings. The Morgan fingerprint density at radius 2 is 0.528 bits per heavy atom. The molecule has 0 fully saturated rings. The van der Waals surface area contributed by atoms with Gasteiger partial charge in [-0.05, 0) is 238 Å². The number of pyridine rings is 5. The van der Waals surface area contributed by atoms with Crippen LogP contribution in [-0.4, -0.2) is 24.9 Å². The lowest BCUT2D eigenvalue weighted by molar-refractivity contribution is 0.480. The molecule has 0 amide bonds. The van der Waals surface area contributed by atoms with Gasteiger partial charge in [-0.3, -0.25) is 19.2 Å². The highest BCUT2D eigenvalue weighted by molar-refractivity contribution is 6.42. The van der Waals surface area contributed by atoms with Gasteiger partial charge in [-0.1, -0.05) is 130 Å². The molecular formula is C87H75Cl7FN5O8. The van der Waals surface area contributed by atoms with E-state index < -0.39 is 5.82 Å². The Bertz CT molecular complexity index is 5180. The van der Waals surface area contributed by atoms with Gasteiger partial charge in [0.1, 0.15) is 62.1 Å². The molecule has 0 radical (unpaired) electrons. The summed E-state index contributed by atoms with van der Waals surface area (Å²) in [6.07, 6.45) is 16.1. The number of hydrogen-bond acceptors (Lipinski definition) is 9. The van der Waals surface area contributed by atoms with E-state index in [4.69, 9.17) is 100 Å². The first-order chi connectivity index (χ1) is 52.1. The molecular weight excluding hydrogens is 1510 g/mol. The molecule has 0 atom stereocenters. The third-order valence-electron chi connectivity index (χ3n) is 19.7. The van der Waals surface area contributed by atoms with Gasteiger partial charge in [0.2, 0.25) is 0 Å². The maximum atomic E-state index is 13.3. The van der Waals surface area contributed by atoms with E-state index in [9.17, 15) is 23.6 Å². The average molecular weight is 1590 g/mol. The fourth-order valence-electron chi connectivity index (χ4n) is 14.4. The Labute approximate surface area is 659 Å². The van der Waals surface area contributed by atoms with Crippen molar-refractivity contribution in [2.24, 2.45) is 0 Å². The van der Waals surface area contributed by atoms with Crippen LogP contribution in [0.4, 0.5) is 4.39 Å². The summed E-state index contributed by atoms with van der Waals surface area (Å²) in [6.45, 7) is 7.82. The summed E-state index contributed by atoms with van der Waals surface area (Å²) in [5.41, 5.74) is 18.8. The summed E-state index contributed by atoms with van der Waals surface area (Å²) >= 11 is 41.5. The summed E-state index contributed by atoms with van der Waals surface area (Å²) in [5, 5.41) is 2.42. The van der Waals surface area contributed by atoms with Crippen LogP contribution in [0.2, 0.25) is 35.4 Å². The van der Waals surface area contributed by atoms with Gasteiger partial charge < -0.3 is 38.9 Å². The largest absolute Gasteiger partial charge is 0.457 e. The number of aromatic amines is 4. The first-order valence-corrected chi connectivity index (χ1v) is 38.5. The molecule has 108 heavy (non-hydrogen) atoms. The molecule has 5 aromatic heterocycles. The number of hydrogen-bond donors (Lipinski definition) is 4. The van der Waals surface area contributed by atoms with Crippen LogP contribution in [0, 0.1) is 33.5 Å². The van der Waals surface area contributed by atoms with E-state index in [0.717, 1.165) is 209 Å². The standard InChI is InChI=1S/2C22H19Cl2NO2.C22H19ClFNO2.C21H18Cl2N2O2/c2*1-13-21(22(26)17-4-2-3-5-20(17)25-13)14-6-8-15(9-7-14)27-16-10-11-18(23)19(24)12-16;1-13-21(22(26)17-4-2-3-5-20(17)25-13)14-6-8-15(9-7-14)27-16-10-11-19(24)18(23)12-16;1-12-20(21(26)16-4-2-3-5-17(16)24-12)13-6-8-14(9-7-13)27-15-10-18(22)25-19(23)11-15/h3*6-12H,2-5H2,1H3,(H,25,26);6-11H,2-5H2,1H3,(H,24,26). The molecule has 0 spiro atoms. The number of fused-ring (bicyclic) bond motifs is 4. The van der Waals surface area contributed by atoms with E-state index in [1.54, 1.807) is 60.7 Å². The summed E-state index contributed by atoms with van der Waals surface area (Å²) in [5.74, 6) is 4.26. The van der Waals surface area contributed by atoms with Crippen LogP contribution >= 0.6 is 81.2 Å². The lowest BCUT2D eigenvalue weighted by Crippen LogP contribution is -2.21. The summed E-state index contributed by atoms with van der Waals surface area (Å²) in [6, 6.07) is 47.6. The molecule has 21 heteroatoms. The predicted octanol–water partition coefficient (Wildman–Crippen LogP) is 24.2. The van der Waals surface area contributed by atoms with Crippen molar-refractivity contribution in [2.45, 2.75) is 130 Å². The molecule has 0 aliphatic heterocycles. The number of aromatic nitrogens is 5. The quantitative estimate of drug-likeness (QED) is 0.0866. The van der Waals surface area contributed by atoms with Gasteiger partial charge in [0, 0.05) is 120 Å². The smallest absolute Gasteiger partial charge is 0.193 e. The zero-order valence-electron chi connectivity index (χ0n) is 59.6. The van der Waals surface area contributed by atoms with Crippen LogP contribution in [0.3, 0.4) is 0 Å². The summed E-state index contributed by atoms with van der Waals surface area (Å²) in [4.78, 5) is 69.6. The number of aryl methyl sites for hydroxylation is 8. The van der Waals surface area contributed by atoms with Crippen LogP contribution in [0.25, 0.3) is 44.5 Å². The number of H-pyrrole nitrogens is 4. The summed E-state index contributed by atoms with van der Waals surface area (Å²) in [7, 11) is 0. The van der Waals surface area contributed by atoms with Crippen molar-refractivity contribution >= 4 is 81.2 Å². The highest BCUT2D eigenvalue weighted by atomic mass is 35.5. The van der Waals surface area contributed by atoms with Crippen molar-refractivity contribution in [3.05, 3.63) is 314 Å². The number of rotatable bonds is 12. The topological polar surface area (TPSA) is 181 Å². The van der Waals surface area contributed by atoms with Crippen LogP contribution in [0.5, 0.6) is 46.0 Å². The fourth-order valence-corrected chi connectivity index (χ4v) is 15.6. The van der Waals surface area contributed by atoms with E-state index in [1.165, 1.54) is 18.2 Å². The second-order valence-electron chi connectivity index (χ2n) is 27.2. The van der Waals surface area contributed by atoms with Crippen LogP contribution in [-0.2, 0) is 51.4 Å². The van der Waals surface area contributed by atoms with Crippen molar-refractivity contribution in [3.63, 3.8) is 0 Å². The first kappa shape index (κ1) is 76.8. The normalized spacial score (nSPS) is 13.3. The Balaban J connectivity index is 0.000000127. The minimum absolute atomic E-state index is 0.0142. The molecule has 4 aliphatic carbocycles. The van der Waals surface area contributed by atoms with Gasteiger partial charge >= 0.3 is 0 Å². The molecule has 16 rings (SSSR count). The fraction of sp³-hybridized carbons (Fsp3) is 0.230. The predicted molar refractivity (Wildman–Crippen MR) is 434 cm³/mol. The molecule has 7 aromatic carbocycles. The molecule has 0 saturated heterocycles. The van der Waals surface area contributed by atoms with E-state index in [-0.39, 0.29) is 37.0 Å². The van der Waals surface area contributed by atoms with Gasteiger partial charge in [-0.2, -0.15) is 0 Å². The molecule has 13 nitrogen and oxygen atoms in total. The number of benzene rings is 7. The zero-order chi connectivity index (χ0) is 75.9. The highest BCUT2D eigenvalue weighted by Crippen LogP contribution is 2.37. The molecule has 5 heterocycles. The van der Waals surface area contributed by atoms with Crippen LogP contribution in [0.15, 0.2) is 183 Å². The maximum absolute atomic E-state index is 13.3. The molecule has 4 N–H and O–H groups in total. The van der Waals surface area contributed by atoms with Gasteiger partial charge in [0.15, 0.2) is 21.7 Å². The van der Waals surface area contributed by atoms with Gasteiger partial charge in [-0.15, -0.1) is 0 Å². The SMILES string of the molecule is Cc1[nH]c2c(c(=O)c1-c1ccc(Oc3cc(Cl)nc(Cl)c3)cc1)CCCC2.Cc1[nH]c2c(c(=O)c1-c1ccc(Oc3ccc(Cl)c(Cl)c3)cc1)CCCC2.Cc1[nH]c2c(c(=O)c1-c1ccc(Oc3ccc(Cl)c(Cl)c3)cc1)CCCC2.Cc1[nH]c2c(c(=O)c1-c1ccc(Oc3ccc(F)c(Cl)c3)cc1)CCCC2. The van der Waals surface area contributed by atoms with E-state index in [0.29, 0.717) is 71.7 Å². The number of ether oxygens (including phenoxy) is 4. The van der Waals surface area contributed by atoms with Gasteiger partial charge in [-0.25, -0.2) is 9.37 Å². The van der Waals surface area contributed by atoms with Crippen molar-refractivity contribution in [3.8, 4) is 90.5 Å². The third-order valence-corrected chi connectivity index (χ3v) is 21.8. The van der Waals surface area contributed by atoms with Crippen molar-refractivity contribution in [1.29, 1.82) is 0 Å². The first-order valence-electron chi connectivity index (χ1n) is 35.9. The van der Waals surface area contributed by atoms with Crippen molar-refractivity contribution in [1.82, 2.24) is 24.9 Å². The van der Waals surface area contributed by atoms with Gasteiger partial charge in [0.25, 0.3) is 0 Å². The zero-order valence-corrected chi connectivity index (χ0v) is 64.9. The number of halogens is 8. The molecule has 0 saturated carbocycles. The second kappa shape index (κ2) is 34.5. The average Bonchev–Trinajstić information content (AvgIpc) is 0.795. The molecule has 12 aromatic rings. The van der Waals surface area contributed by atoms with Crippen LogP contribution in [0.1, 0.15) is 119 Å². The third kappa shape index (κ3) is 18.0. The monoisotopic (exact) mass is 1580 g/mol. The highest BCUT2D eigenvalue weighted by Gasteiger charge is 2.24. The maximum Gasteiger partial charge on any atom is 0.193 e. The second-order valence-corrected chi connectivity index (χ2v) is 30.0. The van der Waals surface area contributed by atoms with Crippen molar-refractivity contribution < 1.29 is 23.3 Å². The Hall–Kier alpha value is -9.35. The van der Waals surface area contributed by atoms with Crippen LogP contribution < -0.4 is 40.7 Å². The lowest BCUT2D eigenvalue weighted by atomic mass is 9.91. The Morgan fingerprint density at radius 3 is 0.796 bits per heavy atom. The Kier molecular flexibility index (Phi) is 24.5. The van der Waals surface area contributed by atoms with Crippen molar-refractivity contribution in [2.75, 3.05) is 0 Å². The van der Waals surface area contributed by atoms with E-state index >= 15 is 0 Å². The minimum atomic E-state index is -0.485. The lowest BCUT2D eigenvalue weighted by Gasteiger charge is -2.18. The number of nitrogens with one attached hydrogen (secondary N) is 4. The minimum Gasteiger partial charge on any atom is -0.457 e. The van der Waals surface area contributed by atoms with Gasteiger partial charge in [0.05, 0.1) is 25.1 Å². The van der Waals surface area contributed by atoms with E-state index in [2.05, 4.69) is 24.9 Å². The number of nitrogens with zero attached hydrogens (tertiary/aromatic N) is 1. The molecule has 0 bridgehead atoms. The molecule has 552 valence electrons.